The quantitative estimate of drug-likeness (QED) is 0.133. The molecule has 2 unspecified atom stereocenters. The Morgan fingerprint density at radius 1 is 1.02 bits per heavy atom. The molecule has 2 aromatic rings. The number of nitrogens with one attached hydrogen (secondary N) is 3. The molecule has 3 N–H and O–H groups in total. The molecule has 0 radical (unpaired) electrons. The molecule has 1 saturated carbocycles. The van der Waals surface area contributed by atoms with Crippen LogP contribution in [0.1, 0.15) is 48.8 Å². The lowest BCUT2D eigenvalue weighted by Gasteiger charge is -2.32. The fourth-order valence-corrected chi connectivity index (χ4v) is 5.34. The van der Waals surface area contributed by atoms with Crippen molar-refractivity contribution in [3.8, 4) is 0 Å². The van der Waals surface area contributed by atoms with Crippen LogP contribution in [0.4, 0.5) is 0 Å². The van der Waals surface area contributed by atoms with Gasteiger partial charge in [0.05, 0.1) is 24.9 Å². The molecule has 2 aromatic carbocycles. The van der Waals surface area contributed by atoms with Crippen LogP contribution in [0.3, 0.4) is 0 Å². The predicted octanol–water partition coefficient (Wildman–Crippen LogP) is 5.91. The fourth-order valence-electron chi connectivity index (χ4n) is 5.34. The molecule has 0 aromatic heterocycles. The highest BCUT2D eigenvalue weighted by Crippen LogP contribution is 2.27. The Morgan fingerprint density at radius 3 is 2.31 bits per heavy atom. The number of carbonyl (C=O) groups excluding carboxylic acids is 1. The van der Waals surface area contributed by atoms with Crippen molar-refractivity contribution in [1.29, 1.82) is 0 Å². The van der Waals surface area contributed by atoms with Crippen molar-refractivity contribution in [2.75, 3.05) is 33.8 Å². The summed E-state index contributed by atoms with van der Waals surface area (Å²) in [5.41, 5.74) is 8.73. The van der Waals surface area contributed by atoms with Crippen molar-refractivity contribution in [1.82, 2.24) is 20.9 Å². The van der Waals surface area contributed by atoms with Gasteiger partial charge in [-0.2, -0.15) is 0 Å². The zero-order chi connectivity index (χ0) is 30.7. The van der Waals surface area contributed by atoms with Gasteiger partial charge in [0.2, 0.25) is 5.91 Å². The first-order valence-corrected chi connectivity index (χ1v) is 15.1. The number of aryl methyl sites for hydroxylation is 1. The molecule has 3 rings (SSSR count). The Labute approximate surface area is 254 Å². The van der Waals surface area contributed by atoms with E-state index in [1.54, 1.807) is 7.05 Å². The van der Waals surface area contributed by atoms with Crippen molar-refractivity contribution in [3.63, 3.8) is 0 Å². The van der Waals surface area contributed by atoms with E-state index in [1.807, 2.05) is 6.07 Å². The molecular weight excluding hydrogens is 520 g/mol. The number of benzene rings is 2. The maximum absolute atomic E-state index is 12.4. The first kappa shape index (κ1) is 34.6. The summed E-state index contributed by atoms with van der Waals surface area (Å²) < 4.78 is 6.33. The molecule has 1 amide bonds. The Morgan fingerprint density at radius 2 is 1.69 bits per heavy atom. The fraction of sp³-hybridized carbons (Fsp3) is 0.444. The number of hydrogen-bond donors (Lipinski definition) is 3. The van der Waals surface area contributed by atoms with Gasteiger partial charge < -0.3 is 25.6 Å². The van der Waals surface area contributed by atoms with Crippen LogP contribution in [-0.4, -0.2) is 56.9 Å². The second-order valence-corrected chi connectivity index (χ2v) is 10.9. The van der Waals surface area contributed by atoms with E-state index in [0.717, 1.165) is 43.6 Å². The van der Waals surface area contributed by atoms with Crippen LogP contribution in [0, 0.1) is 12.8 Å². The first-order chi connectivity index (χ1) is 20.4. The lowest BCUT2D eigenvalue weighted by atomic mass is 9.88. The molecule has 0 aliphatic heterocycles. The SMILES string of the molecule is C=C.C=C=C(C(Cc1ccc(C)cc1)NC(=C)COC(NC(=O)CNC)C1CCCCC1)N(C)CCc1ccccc1. The Hall–Kier alpha value is -3.57. The van der Waals surface area contributed by atoms with Gasteiger partial charge in [0.15, 0.2) is 0 Å². The molecule has 0 spiro atoms. The summed E-state index contributed by atoms with van der Waals surface area (Å²) in [5.74, 6) is 0.268. The van der Waals surface area contributed by atoms with Gasteiger partial charge in [-0.1, -0.05) is 92.6 Å². The average Bonchev–Trinajstić information content (AvgIpc) is 3.01. The van der Waals surface area contributed by atoms with Crippen LogP contribution >= 0.6 is 0 Å². The molecular formula is C36H52N4O2. The van der Waals surface area contributed by atoms with Crippen LogP contribution < -0.4 is 16.0 Å². The van der Waals surface area contributed by atoms with Gasteiger partial charge in [-0.3, -0.25) is 4.79 Å². The van der Waals surface area contributed by atoms with Gasteiger partial charge in [-0.25, -0.2) is 0 Å². The first-order valence-electron chi connectivity index (χ1n) is 15.1. The maximum atomic E-state index is 12.4. The van der Waals surface area contributed by atoms with E-state index >= 15 is 0 Å². The zero-order valence-electron chi connectivity index (χ0n) is 26.1. The topological polar surface area (TPSA) is 65.6 Å². The number of nitrogens with zero attached hydrogens (tertiary/aromatic N) is 1. The van der Waals surface area contributed by atoms with Crippen molar-refractivity contribution >= 4 is 5.91 Å². The van der Waals surface area contributed by atoms with E-state index < -0.39 is 0 Å². The van der Waals surface area contributed by atoms with Gasteiger partial charge in [-0.05, 0) is 50.8 Å². The van der Waals surface area contributed by atoms with Crippen LogP contribution in [-0.2, 0) is 22.4 Å². The molecule has 1 fully saturated rings. The number of hydrogen-bond acceptors (Lipinski definition) is 5. The van der Waals surface area contributed by atoms with Gasteiger partial charge >= 0.3 is 0 Å². The summed E-state index contributed by atoms with van der Waals surface area (Å²) in [6.45, 7) is 17.9. The van der Waals surface area contributed by atoms with E-state index in [-0.39, 0.29) is 24.7 Å². The highest BCUT2D eigenvalue weighted by Gasteiger charge is 2.26. The molecule has 0 saturated heterocycles. The number of rotatable bonds is 16. The second kappa shape index (κ2) is 19.5. The van der Waals surface area contributed by atoms with E-state index in [9.17, 15) is 4.79 Å². The standard InChI is InChI=1S/C34H48N4O2.C2H4/c1-6-32(38(5)22-21-28-13-9-7-10-14-28)31(23-29-19-17-26(2)18-20-29)36-27(3)25-40-34(37-33(39)24-35-4)30-15-11-8-12-16-30;1-2/h7,9-10,13-14,17-20,30-31,34-36H,1,3,8,11-12,15-16,21-25H2,2,4-5H3,(H,37,39);1-2H2. The summed E-state index contributed by atoms with van der Waals surface area (Å²) in [5, 5.41) is 9.64. The van der Waals surface area contributed by atoms with Crippen LogP contribution in [0.2, 0.25) is 0 Å². The Kier molecular flexibility index (Phi) is 16.1. The van der Waals surface area contributed by atoms with Gasteiger partial charge in [0.25, 0.3) is 0 Å². The second-order valence-electron chi connectivity index (χ2n) is 10.9. The molecule has 228 valence electrons. The molecule has 0 heterocycles. The monoisotopic (exact) mass is 572 g/mol. The summed E-state index contributed by atoms with van der Waals surface area (Å²) in [6.07, 6.45) is 7.10. The van der Waals surface area contributed by atoms with Gasteiger partial charge in [0.1, 0.15) is 6.23 Å². The van der Waals surface area contributed by atoms with Crippen molar-refractivity contribution in [3.05, 3.63) is 115 Å². The third-order valence-electron chi connectivity index (χ3n) is 7.60. The maximum Gasteiger partial charge on any atom is 0.235 e. The molecule has 6 nitrogen and oxygen atoms in total. The van der Waals surface area contributed by atoms with Crippen LogP contribution in [0.25, 0.3) is 0 Å². The van der Waals surface area contributed by atoms with Crippen molar-refractivity contribution in [2.45, 2.75) is 64.1 Å². The highest BCUT2D eigenvalue weighted by molar-refractivity contribution is 5.78. The minimum absolute atomic E-state index is 0.0502. The van der Waals surface area contributed by atoms with Gasteiger partial charge in [-0.15, -0.1) is 18.9 Å². The third kappa shape index (κ3) is 12.1. The Bertz CT molecular complexity index is 1120. The van der Waals surface area contributed by atoms with E-state index in [1.165, 1.54) is 36.0 Å². The largest absolute Gasteiger partial charge is 0.378 e. The number of carbonyl (C=O) groups is 1. The van der Waals surface area contributed by atoms with E-state index in [0.29, 0.717) is 12.5 Å². The Balaban J connectivity index is 0.00000301. The van der Waals surface area contributed by atoms with Crippen molar-refractivity contribution in [2.24, 2.45) is 5.92 Å². The molecule has 2 atom stereocenters. The summed E-state index contributed by atoms with van der Waals surface area (Å²) in [6, 6.07) is 19.1. The number of amides is 1. The van der Waals surface area contributed by atoms with E-state index in [4.69, 9.17) is 4.74 Å². The zero-order valence-corrected chi connectivity index (χ0v) is 26.1. The molecule has 1 aliphatic rings. The normalized spacial score (nSPS) is 14.4. The van der Waals surface area contributed by atoms with Gasteiger partial charge in [0, 0.05) is 25.2 Å². The van der Waals surface area contributed by atoms with Crippen LogP contribution in [0.15, 0.2) is 98.0 Å². The van der Waals surface area contributed by atoms with Crippen molar-refractivity contribution < 1.29 is 9.53 Å². The average molecular weight is 573 g/mol. The highest BCUT2D eigenvalue weighted by atomic mass is 16.5. The molecule has 42 heavy (non-hydrogen) atoms. The minimum atomic E-state index is -0.321. The number of ether oxygens (including phenoxy) is 1. The summed E-state index contributed by atoms with van der Waals surface area (Å²) >= 11 is 0. The summed E-state index contributed by atoms with van der Waals surface area (Å²) in [7, 11) is 3.87. The predicted molar refractivity (Wildman–Crippen MR) is 176 cm³/mol. The lowest BCUT2D eigenvalue weighted by Crippen LogP contribution is -2.46. The van der Waals surface area contributed by atoms with E-state index in [2.05, 4.69) is 115 Å². The summed E-state index contributed by atoms with van der Waals surface area (Å²) in [4.78, 5) is 14.6. The smallest absolute Gasteiger partial charge is 0.235 e. The minimum Gasteiger partial charge on any atom is -0.378 e. The third-order valence-corrected chi connectivity index (χ3v) is 7.60. The molecule has 6 heteroatoms. The van der Waals surface area contributed by atoms with Crippen LogP contribution in [0.5, 0.6) is 0 Å². The number of likely N-dealkylation sites (N-methyl/N-ethyl adjacent to an activating group) is 2. The lowest BCUT2D eigenvalue weighted by molar-refractivity contribution is -0.126. The molecule has 1 aliphatic carbocycles. The molecule has 0 bridgehead atoms.